The second-order valence-corrected chi connectivity index (χ2v) is 11.2. The van der Waals surface area contributed by atoms with Crippen molar-refractivity contribution in [3.8, 4) is 0 Å². The van der Waals surface area contributed by atoms with Crippen LogP contribution in [0, 0.1) is 11.3 Å². The van der Waals surface area contributed by atoms with Crippen LogP contribution in [0.3, 0.4) is 0 Å². The SMILES string of the molecule is CCCC[SH](C[C@H]1CCNC1OC(=O)C(C)(C)C)c1ccc(Br)cc1. The molecule has 1 aromatic rings. The van der Waals surface area contributed by atoms with E-state index in [1.807, 2.05) is 20.8 Å². The first-order valence-corrected chi connectivity index (χ1v) is 11.8. The molecular formula is C20H32BrNO2S. The lowest BCUT2D eigenvalue weighted by atomic mass is 9.97. The Balaban J connectivity index is 2.05. The summed E-state index contributed by atoms with van der Waals surface area (Å²) in [5.74, 6) is 2.69. The summed E-state index contributed by atoms with van der Waals surface area (Å²) >= 11 is 3.53. The van der Waals surface area contributed by atoms with E-state index in [1.54, 1.807) is 0 Å². The van der Waals surface area contributed by atoms with Gasteiger partial charge in [-0.1, -0.05) is 29.3 Å². The maximum Gasteiger partial charge on any atom is 0.312 e. The van der Waals surface area contributed by atoms with E-state index in [2.05, 4.69) is 52.4 Å². The van der Waals surface area contributed by atoms with Crippen LogP contribution in [-0.2, 0) is 9.53 Å². The standard InChI is InChI=1S/C20H32BrNO2S/c1-5-6-13-25(17-9-7-16(21)8-10-17)14-15-11-12-22-18(15)24-19(23)20(2,3)4/h7-10,15,18,22,25H,5-6,11-14H2,1-4H3/t15-,18?/m1/s1. The van der Waals surface area contributed by atoms with E-state index in [-0.39, 0.29) is 23.1 Å². The minimum Gasteiger partial charge on any atom is -0.446 e. The molecular weight excluding hydrogens is 398 g/mol. The molecule has 2 rings (SSSR count). The summed E-state index contributed by atoms with van der Waals surface area (Å²) in [6, 6.07) is 8.79. The van der Waals surface area contributed by atoms with Gasteiger partial charge in [-0.2, -0.15) is 0 Å². The van der Waals surface area contributed by atoms with Crippen molar-refractivity contribution in [2.45, 2.75) is 58.1 Å². The van der Waals surface area contributed by atoms with Gasteiger partial charge in [0.15, 0.2) is 6.23 Å². The largest absolute Gasteiger partial charge is 0.446 e. The lowest BCUT2D eigenvalue weighted by molar-refractivity contribution is -0.161. The maximum atomic E-state index is 12.3. The molecule has 142 valence electrons. The Morgan fingerprint density at radius 2 is 2.00 bits per heavy atom. The predicted molar refractivity (Wildman–Crippen MR) is 111 cm³/mol. The lowest BCUT2D eigenvalue weighted by Gasteiger charge is -2.29. The maximum absolute atomic E-state index is 12.3. The molecule has 1 fully saturated rings. The molecule has 1 N–H and O–H groups in total. The van der Waals surface area contributed by atoms with Crippen LogP contribution in [0.4, 0.5) is 0 Å². The van der Waals surface area contributed by atoms with E-state index in [0.717, 1.165) is 23.2 Å². The molecule has 0 saturated carbocycles. The highest BCUT2D eigenvalue weighted by atomic mass is 79.9. The van der Waals surface area contributed by atoms with E-state index in [9.17, 15) is 4.79 Å². The summed E-state index contributed by atoms with van der Waals surface area (Å²) in [4.78, 5) is 13.7. The Morgan fingerprint density at radius 1 is 1.32 bits per heavy atom. The molecule has 2 unspecified atom stereocenters. The number of benzene rings is 1. The molecule has 3 atom stereocenters. The fourth-order valence-electron chi connectivity index (χ4n) is 2.96. The Bertz CT molecular complexity index is 556. The first-order chi connectivity index (χ1) is 11.8. The molecule has 0 radical (unpaired) electrons. The molecule has 0 aromatic heterocycles. The molecule has 0 bridgehead atoms. The van der Waals surface area contributed by atoms with Crippen molar-refractivity contribution in [1.29, 1.82) is 0 Å². The van der Waals surface area contributed by atoms with Gasteiger partial charge in [-0.05, 0) is 80.8 Å². The number of hydrogen-bond donors (Lipinski definition) is 2. The molecule has 0 spiro atoms. The number of unbranched alkanes of at least 4 members (excludes halogenated alkanes) is 1. The summed E-state index contributed by atoms with van der Waals surface area (Å²) < 4.78 is 6.93. The van der Waals surface area contributed by atoms with Gasteiger partial charge >= 0.3 is 5.97 Å². The van der Waals surface area contributed by atoms with Crippen LogP contribution in [-0.4, -0.2) is 30.2 Å². The van der Waals surface area contributed by atoms with E-state index >= 15 is 0 Å². The second kappa shape index (κ2) is 9.43. The average Bonchev–Trinajstić information content (AvgIpc) is 2.98. The van der Waals surface area contributed by atoms with Crippen molar-refractivity contribution in [3.63, 3.8) is 0 Å². The van der Waals surface area contributed by atoms with Crippen LogP contribution in [0.5, 0.6) is 0 Å². The molecule has 0 amide bonds. The van der Waals surface area contributed by atoms with Gasteiger partial charge in [0, 0.05) is 10.4 Å². The summed E-state index contributed by atoms with van der Waals surface area (Å²) in [6.45, 7) is 8.92. The molecule has 0 aliphatic carbocycles. The van der Waals surface area contributed by atoms with Crippen LogP contribution in [0.1, 0.15) is 47.0 Å². The van der Waals surface area contributed by atoms with Crippen LogP contribution in [0.2, 0.25) is 0 Å². The molecule has 1 saturated heterocycles. The van der Waals surface area contributed by atoms with Gasteiger partial charge in [0.1, 0.15) is 0 Å². The number of carbonyl (C=O) groups excluding carboxylic acids is 1. The molecule has 1 aromatic carbocycles. The van der Waals surface area contributed by atoms with Crippen LogP contribution < -0.4 is 5.32 Å². The zero-order valence-electron chi connectivity index (χ0n) is 15.8. The summed E-state index contributed by atoms with van der Waals surface area (Å²) in [6.07, 6.45) is 3.44. The third kappa shape index (κ3) is 6.30. The normalized spacial score (nSPS) is 22.7. The van der Waals surface area contributed by atoms with Crippen molar-refractivity contribution in [3.05, 3.63) is 28.7 Å². The zero-order valence-corrected chi connectivity index (χ0v) is 18.3. The predicted octanol–water partition coefficient (Wildman–Crippen LogP) is 5.13. The van der Waals surface area contributed by atoms with Gasteiger partial charge < -0.3 is 4.74 Å². The summed E-state index contributed by atoms with van der Waals surface area (Å²) in [5, 5.41) is 3.39. The smallest absolute Gasteiger partial charge is 0.312 e. The Morgan fingerprint density at radius 3 is 2.60 bits per heavy atom. The summed E-state index contributed by atoms with van der Waals surface area (Å²) in [7, 11) is -0.217. The molecule has 25 heavy (non-hydrogen) atoms. The van der Waals surface area contributed by atoms with Gasteiger partial charge in [-0.25, -0.2) is 10.9 Å². The third-order valence-electron chi connectivity index (χ3n) is 4.56. The topological polar surface area (TPSA) is 38.3 Å². The molecule has 3 nitrogen and oxygen atoms in total. The van der Waals surface area contributed by atoms with E-state index < -0.39 is 5.41 Å². The molecule has 1 aliphatic rings. The van der Waals surface area contributed by atoms with Gasteiger partial charge in [0.05, 0.1) is 5.41 Å². The first-order valence-electron chi connectivity index (χ1n) is 9.26. The summed E-state index contributed by atoms with van der Waals surface area (Å²) in [5.41, 5.74) is -0.451. The van der Waals surface area contributed by atoms with Crippen LogP contribution in [0.25, 0.3) is 0 Å². The quantitative estimate of drug-likeness (QED) is 0.465. The van der Waals surface area contributed by atoms with E-state index in [1.165, 1.54) is 23.5 Å². The van der Waals surface area contributed by atoms with Crippen molar-refractivity contribution < 1.29 is 9.53 Å². The van der Waals surface area contributed by atoms with Crippen molar-refractivity contribution in [1.82, 2.24) is 5.32 Å². The van der Waals surface area contributed by atoms with Gasteiger partial charge in [0.2, 0.25) is 0 Å². The number of hydrogen-bond acceptors (Lipinski definition) is 3. The monoisotopic (exact) mass is 429 g/mol. The fraction of sp³-hybridized carbons (Fsp3) is 0.650. The van der Waals surface area contributed by atoms with Crippen molar-refractivity contribution in [2.75, 3.05) is 18.1 Å². The number of thiol groups is 1. The zero-order chi connectivity index (χ0) is 18.4. The lowest BCUT2D eigenvalue weighted by Crippen LogP contribution is -2.37. The average molecular weight is 430 g/mol. The number of carbonyl (C=O) groups is 1. The Kier molecular flexibility index (Phi) is 7.84. The van der Waals surface area contributed by atoms with Gasteiger partial charge in [-0.3, -0.25) is 10.1 Å². The Labute approximate surface area is 163 Å². The fourth-order valence-corrected chi connectivity index (χ4v) is 6.08. The number of halogens is 1. The molecule has 1 heterocycles. The number of esters is 1. The molecule has 1 aliphatic heterocycles. The molecule has 5 heteroatoms. The van der Waals surface area contributed by atoms with Crippen LogP contribution in [0.15, 0.2) is 33.6 Å². The minimum absolute atomic E-state index is 0.113. The minimum atomic E-state index is -0.451. The number of ether oxygens (including phenoxy) is 1. The van der Waals surface area contributed by atoms with Crippen molar-refractivity contribution >= 4 is 32.8 Å². The highest BCUT2D eigenvalue weighted by Crippen LogP contribution is 2.41. The third-order valence-corrected chi connectivity index (χ3v) is 7.89. The number of nitrogens with one attached hydrogen (secondary N) is 1. The van der Waals surface area contributed by atoms with Crippen molar-refractivity contribution in [2.24, 2.45) is 11.3 Å². The number of rotatable bonds is 7. The second-order valence-electron chi connectivity index (χ2n) is 7.85. The van der Waals surface area contributed by atoms with E-state index in [0.29, 0.717) is 5.92 Å². The first kappa shape index (κ1) is 20.8. The highest BCUT2D eigenvalue weighted by molar-refractivity contribution is 9.10. The highest BCUT2D eigenvalue weighted by Gasteiger charge is 2.34. The van der Waals surface area contributed by atoms with Gasteiger partial charge in [0.25, 0.3) is 0 Å². The van der Waals surface area contributed by atoms with E-state index in [4.69, 9.17) is 4.74 Å². The Hall–Kier alpha value is -0.520. The van der Waals surface area contributed by atoms with Crippen LogP contribution >= 0.6 is 26.8 Å². The van der Waals surface area contributed by atoms with Gasteiger partial charge in [-0.15, -0.1) is 0 Å².